The molecule has 0 saturated heterocycles. The summed E-state index contributed by atoms with van der Waals surface area (Å²) in [7, 11) is -3.61. The predicted octanol–water partition coefficient (Wildman–Crippen LogP) is 1.87. The van der Waals surface area contributed by atoms with E-state index in [1.54, 1.807) is 0 Å². The molecule has 0 bridgehead atoms. The Hall–Kier alpha value is -1.11. The van der Waals surface area contributed by atoms with Crippen molar-refractivity contribution in [1.29, 1.82) is 0 Å². The number of hydrogen-bond donors (Lipinski definition) is 2. The van der Waals surface area contributed by atoms with Gasteiger partial charge in [0.05, 0.1) is 10.8 Å². The lowest BCUT2D eigenvalue weighted by Crippen LogP contribution is -2.33. The number of hydrogen-bond acceptors (Lipinski definition) is 3. The van der Waals surface area contributed by atoms with Gasteiger partial charge in [-0.3, -0.25) is 4.79 Å². The number of halogens is 1. The first-order valence-electron chi connectivity index (χ1n) is 5.89. The molecule has 0 amide bonds. The molecule has 0 radical (unpaired) electrons. The summed E-state index contributed by atoms with van der Waals surface area (Å²) in [5, 5.41) is 9.35. The fourth-order valence-electron chi connectivity index (χ4n) is 2.21. The van der Waals surface area contributed by atoms with Crippen LogP contribution in [-0.2, 0) is 14.8 Å². The van der Waals surface area contributed by atoms with Gasteiger partial charge in [-0.15, -0.1) is 0 Å². The van der Waals surface area contributed by atoms with Crippen LogP contribution >= 0.6 is 11.6 Å². The minimum atomic E-state index is -3.61. The Morgan fingerprint density at radius 2 is 1.89 bits per heavy atom. The highest BCUT2D eigenvalue weighted by molar-refractivity contribution is 7.89. The van der Waals surface area contributed by atoms with Crippen molar-refractivity contribution in [2.24, 2.45) is 5.92 Å². The molecule has 1 aliphatic rings. The van der Waals surface area contributed by atoms with Crippen molar-refractivity contribution < 1.29 is 18.3 Å². The fraction of sp³-hybridized carbons (Fsp3) is 0.417. The van der Waals surface area contributed by atoms with Crippen LogP contribution in [0.25, 0.3) is 0 Å². The summed E-state index contributed by atoms with van der Waals surface area (Å²) in [4.78, 5) is 11.0. The molecule has 1 saturated carbocycles. The predicted molar refractivity (Wildman–Crippen MR) is 70.5 cm³/mol. The molecule has 104 valence electrons. The number of aliphatic carboxylic acids is 1. The number of benzene rings is 1. The molecule has 0 aliphatic heterocycles. The van der Waals surface area contributed by atoms with Gasteiger partial charge in [-0.05, 0) is 43.5 Å². The van der Waals surface area contributed by atoms with Crippen LogP contribution in [0.4, 0.5) is 0 Å². The zero-order chi connectivity index (χ0) is 14.0. The van der Waals surface area contributed by atoms with Crippen LogP contribution in [0.15, 0.2) is 29.2 Å². The molecular weight excluding hydrogens is 290 g/mol. The molecule has 0 spiro atoms. The summed E-state index contributed by atoms with van der Waals surface area (Å²) < 4.78 is 26.7. The number of carboxylic acids is 1. The van der Waals surface area contributed by atoms with Crippen LogP contribution in [0.5, 0.6) is 0 Å². The molecule has 7 heteroatoms. The SMILES string of the molecule is O=C(O)C1CCC(NS(=O)(=O)c2ccc(Cl)cc2)C1. The molecule has 2 N–H and O–H groups in total. The molecule has 2 unspecified atom stereocenters. The second-order valence-electron chi connectivity index (χ2n) is 4.62. The summed E-state index contributed by atoms with van der Waals surface area (Å²) in [5.41, 5.74) is 0. The Morgan fingerprint density at radius 3 is 2.42 bits per heavy atom. The Labute approximate surface area is 116 Å². The van der Waals surface area contributed by atoms with Gasteiger partial charge < -0.3 is 5.11 Å². The highest BCUT2D eigenvalue weighted by atomic mass is 35.5. The quantitative estimate of drug-likeness (QED) is 0.889. The minimum absolute atomic E-state index is 0.135. The first-order chi connectivity index (χ1) is 8.88. The first kappa shape index (κ1) is 14.3. The van der Waals surface area contributed by atoms with E-state index in [1.165, 1.54) is 24.3 Å². The second kappa shape index (κ2) is 5.48. The summed E-state index contributed by atoms with van der Waals surface area (Å²) in [6.07, 6.45) is 1.38. The number of sulfonamides is 1. The highest BCUT2D eigenvalue weighted by Crippen LogP contribution is 2.27. The lowest BCUT2D eigenvalue weighted by molar-refractivity contribution is -0.141. The fourth-order valence-corrected chi connectivity index (χ4v) is 3.62. The largest absolute Gasteiger partial charge is 0.481 e. The first-order valence-corrected chi connectivity index (χ1v) is 7.75. The molecular formula is C12H14ClNO4S. The molecule has 1 aromatic carbocycles. The van der Waals surface area contributed by atoms with Crippen molar-refractivity contribution >= 4 is 27.6 Å². The number of carbonyl (C=O) groups is 1. The minimum Gasteiger partial charge on any atom is -0.481 e. The van der Waals surface area contributed by atoms with E-state index in [2.05, 4.69) is 4.72 Å². The lowest BCUT2D eigenvalue weighted by atomic mass is 10.1. The molecule has 19 heavy (non-hydrogen) atoms. The van der Waals surface area contributed by atoms with E-state index in [9.17, 15) is 13.2 Å². The van der Waals surface area contributed by atoms with Gasteiger partial charge in [0.2, 0.25) is 10.0 Å². The Bertz CT molecular complexity index is 570. The van der Waals surface area contributed by atoms with Crippen molar-refractivity contribution in [3.63, 3.8) is 0 Å². The molecule has 2 rings (SSSR count). The normalized spacial score (nSPS) is 23.4. The van der Waals surface area contributed by atoms with Crippen LogP contribution in [0.1, 0.15) is 19.3 Å². The van der Waals surface area contributed by atoms with Crippen LogP contribution < -0.4 is 4.72 Å². The van der Waals surface area contributed by atoms with Crippen LogP contribution in [0.2, 0.25) is 5.02 Å². The van der Waals surface area contributed by atoms with E-state index in [4.69, 9.17) is 16.7 Å². The van der Waals surface area contributed by atoms with Crippen molar-refractivity contribution in [3.05, 3.63) is 29.3 Å². The average molecular weight is 304 g/mol. The van der Waals surface area contributed by atoms with Gasteiger partial charge in [-0.2, -0.15) is 0 Å². The highest BCUT2D eigenvalue weighted by Gasteiger charge is 2.32. The zero-order valence-corrected chi connectivity index (χ0v) is 11.6. The van der Waals surface area contributed by atoms with E-state index < -0.39 is 21.9 Å². The van der Waals surface area contributed by atoms with Crippen molar-refractivity contribution in [3.8, 4) is 0 Å². The van der Waals surface area contributed by atoms with Gasteiger partial charge in [0.1, 0.15) is 0 Å². The van der Waals surface area contributed by atoms with Gasteiger partial charge in [-0.1, -0.05) is 11.6 Å². The molecule has 0 heterocycles. The number of carboxylic acid groups (broad SMARTS) is 1. The summed E-state index contributed by atoms with van der Waals surface area (Å²) >= 11 is 5.71. The molecule has 1 aliphatic carbocycles. The van der Waals surface area contributed by atoms with Gasteiger partial charge in [0.15, 0.2) is 0 Å². The topological polar surface area (TPSA) is 83.5 Å². The Morgan fingerprint density at radius 1 is 1.26 bits per heavy atom. The molecule has 2 atom stereocenters. The lowest BCUT2D eigenvalue weighted by Gasteiger charge is -2.13. The van der Waals surface area contributed by atoms with Crippen molar-refractivity contribution in [2.45, 2.75) is 30.2 Å². The third-order valence-corrected chi connectivity index (χ3v) is 5.02. The Balaban J connectivity index is 2.06. The number of rotatable bonds is 4. The van der Waals surface area contributed by atoms with E-state index in [0.29, 0.717) is 24.3 Å². The summed E-state index contributed by atoms with van der Waals surface area (Å²) in [6, 6.07) is 5.54. The van der Waals surface area contributed by atoms with E-state index in [1.807, 2.05) is 0 Å². The summed E-state index contributed by atoms with van der Waals surface area (Å²) in [5.74, 6) is -1.33. The molecule has 1 aromatic rings. The molecule has 1 fully saturated rings. The van der Waals surface area contributed by atoms with Crippen LogP contribution in [-0.4, -0.2) is 25.5 Å². The standard InChI is InChI=1S/C12H14ClNO4S/c13-9-2-5-11(6-3-9)19(17,18)14-10-4-1-8(7-10)12(15)16/h2-3,5-6,8,10,14H,1,4,7H2,(H,15,16). The van der Waals surface area contributed by atoms with Crippen LogP contribution in [0, 0.1) is 5.92 Å². The van der Waals surface area contributed by atoms with Gasteiger partial charge >= 0.3 is 5.97 Å². The third kappa shape index (κ3) is 3.46. The van der Waals surface area contributed by atoms with Gasteiger partial charge in [-0.25, -0.2) is 13.1 Å². The maximum atomic E-state index is 12.1. The second-order valence-corrected chi connectivity index (χ2v) is 6.77. The Kier molecular flexibility index (Phi) is 4.13. The van der Waals surface area contributed by atoms with E-state index >= 15 is 0 Å². The van der Waals surface area contributed by atoms with Gasteiger partial charge in [0, 0.05) is 11.1 Å². The monoisotopic (exact) mass is 303 g/mol. The smallest absolute Gasteiger partial charge is 0.306 e. The molecule has 0 aromatic heterocycles. The summed E-state index contributed by atoms with van der Waals surface area (Å²) in [6.45, 7) is 0. The molecule has 5 nitrogen and oxygen atoms in total. The van der Waals surface area contributed by atoms with Crippen molar-refractivity contribution in [1.82, 2.24) is 4.72 Å². The maximum Gasteiger partial charge on any atom is 0.306 e. The zero-order valence-electron chi connectivity index (χ0n) is 10.0. The van der Waals surface area contributed by atoms with Crippen molar-refractivity contribution in [2.75, 3.05) is 0 Å². The third-order valence-electron chi connectivity index (χ3n) is 3.23. The van der Waals surface area contributed by atoms with E-state index in [-0.39, 0.29) is 10.9 Å². The van der Waals surface area contributed by atoms with E-state index in [0.717, 1.165) is 0 Å². The van der Waals surface area contributed by atoms with Gasteiger partial charge in [0.25, 0.3) is 0 Å². The number of nitrogens with one attached hydrogen (secondary N) is 1. The maximum absolute atomic E-state index is 12.1. The van der Waals surface area contributed by atoms with Crippen LogP contribution in [0.3, 0.4) is 0 Å². The average Bonchev–Trinajstić information content (AvgIpc) is 2.77.